The van der Waals surface area contributed by atoms with Gasteiger partial charge in [-0.05, 0) is 43.5 Å². The van der Waals surface area contributed by atoms with Gasteiger partial charge in [-0.1, -0.05) is 19.1 Å². The third-order valence-electron chi connectivity index (χ3n) is 2.47. The van der Waals surface area contributed by atoms with Gasteiger partial charge in [0.15, 0.2) is 5.78 Å². The number of aryl methyl sites for hydroxylation is 1. The topological polar surface area (TPSA) is 17.1 Å². The summed E-state index contributed by atoms with van der Waals surface area (Å²) in [6.45, 7) is 5.56. The van der Waals surface area contributed by atoms with Gasteiger partial charge in [-0.3, -0.25) is 4.79 Å². The van der Waals surface area contributed by atoms with E-state index in [1.54, 1.807) is 12.1 Å². The molecule has 0 saturated heterocycles. The smallest absolute Gasteiger partial charge is 0.189 e. The highest BCUT2D eigenvalue weighted by atomic mass is 19.1. The molecule has 1 aromatic carbocycles. The van der Waals surface area contributed by atoms with E-state index in [0.717, 1.165) is 11.1 Å². The first-order valence-corrected chi connectivity index (χ1v) is 5.06. The lowest BCUT2D eigenvalue weighted by molar-refractivity contribution is 0.103. The Balaban J connectivity index is 3.16. The van der Waals surface area contributed by atoms with Crippen molar-refractivity contribution in [3.63, 3.8) is 0 Å². The summed E-state index contributed by atoms with van der Waals surface area (Å²) in [5, 5.41) is 0. The zero-order chi connectivity index (χ0) is 11.4. The van der Waals surface area contributed by atoms with Gasteiger partial charge in [0.1, 0.15) is 5.82 Å². The first kappa shape index (κ1) is 11.6. The van der Waals surface area contributed by atoms with Crippen LogP contribution in [0.2, 0.25) is 0 Å². The largest absolute Gasteiger partial charge is 0.289 e. The summed E-state index contributed by atoms with van der Waals surface area (Å²) in [4.78, 5) is 11.9. The third kappa shape index (κ3) is 2.52. The molecule has 0 saturated carbocycles. The monoisotopic (exact) mass is 206 g/mol. The van der Waals surface area contributed by atoms with Crippen molar-refractivity contribution in [3.8, 4) is 0 Å². The van der Waals surface area contributed by atoms with Crippen molar-refractivity contribution in [2.45, 2.75) is 27.2 Å². The number of Topliss-reactive ketones (excluding diaryl/α,β-unsaturated/α-hetero) is 1. The SMILES string of the molecule is C/C=C(/CC)C(=O)c1cc(F)ccc1C. The summed E-state index contributed by atoms with van der Waals surface area (Å²) in [7, 11) is 0. The summed E-state index contributed by atoms with van der Waals surface area (Å²) >= 11 is 0. The maximum absolute atomic E-state index is 13.0. The molecule has 0 amide bonds. The lowest BCUT2D eigenvalue weighted by atomic mass is 9.97. The molecular weight excluding hydrogens is 191 g/mol. The van der Waals surface area contributed by atoms with Crippen LogP contribution in [0, 0.1) is 12.7 Å². The molecule has 1 nitrogen and oxygen atoms in total. The van der Waals surface area contributed by atoms with Crippen LogP contribution < -0.4 is 0 Å². The second kappa shape index (κ2) is 4.87. The van der Waals surface area contributed by atoms with Crippen LogP contribution in [-0.2, 0) is 0 Å². The van der Waals surface area contributed by atoms with E-state index in [1.807, 2.05) is 20.8 Å². The molecule has 1 rings (SSSR count). The lowest BCUT2D eigenvalue weighted by Crippen LogP contribution is -2.05. The first-order chi connectivity index (χ1) is 7.10. The molecule has 2 heteroatoms. The number of rotatable bonds is 3. The average molecular weight is 206 g/mol. The molecule has 0 unspecified atom stereocenters. The Morgan fingerprint density at radius 3 is 2.67 bits per heavy atom. The Labute approximate surface area is 89.6 Å². The number of carbonyl (C=O) groups is 1. The molecular formula is C13H15FO. The van der Waals surface area contributed by atoms with Crippen molar-refractivity contribution in [2.24, 2.45) is 0 Å². The van der Waals surface area contributed by atoms with Gasteiger partial charge >= 0.3 is 0 Å². The van der Waals surface area contributed by atoms with Gasteiger partial charge in [-0.25, -0.2) is 4.39 Å². The molecule has 0 bridgehead atoms. The Morgan fingerprint density at radius 2 is 2.13 bits per heavy atom. The van der Waals surface area contributed by atoms with E-state index in [1.165, 1.54) is 12.1 Å². The summed E-state index contributed by atoms with van der Waals surface area (Å²) in [5.74, 6) is -0.437. The van der Waals surface area contributed by atoms with Gasteiger partial charge in [0.05, 0.1) is 0 Å². The van der Waals surface area contributed by atoms with Crippen molar-refractivity contribution >= 4 is 5.78 Å². The van der Waals surface area contributed by atoms with Crippen LogP contribution in [0.25, 0.3) is 0 Å². The number of halogens is 1. The molecule has 0 aliphatic carbocycles. The summed E-state index contributed by atoms with van der Waals surface area (Å²) in [6.07, 6.45) is 2.46. The zero-order valence-electron chi connectivity index (χ0n) is 9.30. The molecule has 0 fully saturated rings. The Hall–Kier alpha value is -1.44. The Kier molecular flexibility index (Phi) is 3.78. The van der Waals surface area contributed by atoms with Gasteiger partial charge in [-0.2, -0.15) is 0 Å². The molecule has 0 heterocycles. The van der Waals surface area contributed by atoms with Crippen LogP contribution in [0.15, 0.2) is 29.8 Å². The number of hydrogen-bond donors (Lipinski definition) is 0. The normalized spacial score (nSPS) is 11.6. The Bertz CT molecular complexity index is 405. The van der Waals surface area contributed by atoms with Crippen molar-refractivity contribution < 1.29 is 9.18 Å². The fourth-order valence-corrected chi connectivity index (χ4v) is 1.51. The van der Waals surface area contributed by atoms with Crippen LogP contribution in [0.1, 0.15) is 36.2 Å². The standard InChI is InChI=1S/C13H15FO/c1-4-10(5-2)13(15)12-8-11(14)7-6-9(12)3/h4,6-8H,5H2,1-3H3/b10-4-. The minimum atomic E-state index is -0.365. The van der Waals surface area contributed by atoms with E-state index in [-0.39, 0.29) is 11.6 Å². The fourth-order valence-electron chi connectivity index (χ4n) is 1.51. The minimum Gasteiger partial charge on any atom is -0.289 e. The van der Waals surface area contributed by atoms with Crippen molar-refractivity contribution in [3.05, 3.63) is 46.8 Å². The quantitative estimate of drug-likeness (QED) is 0.544. The maximum Gasteiger partial charge on any atom is 0.189 e. The van der Waals surface area contributed by atoms with Crippen molar-refractivity contribution in [2.75, 3.05) is 0 Å². The Morgan fingerprint density at radius 1 is 1.47 bits per heavy atom. The lowest BCUT2D eigenvalue weighted by Gasteiger charge is -2.06. The molecule has 0 radical (unpaired) electrons. The predicted octanol–water partition coefficient (Wildman–Crippen LogP) is 3.67. The van der Waals surface area contributed by atoms with Crippen molar-refractivity contribution in [1.82, 2.24) is 0 Å². The van der Waals surface area contributed by atoms with Gasteiger partial charge in [0.25, 0.3) is 0 Å². The van der Waals surface area contributed by atoms with Crippen LogP contribution in [-0.4, -0.2) is 5.78 Å². The number of benzene rings is 1. The predicted molar refractivity (Wildman–Crippen MR) is 59.5 cm³/mol. The second-order valence-electron chi connectivity index (χ2n) is 3.46. The van der Waals surface area contributed by atoms with E-state index in [4.69, 9.17) is 0 Å². The highest BCUT2D eigenvalue weighted by Gasteiger charge is 2.12. The van der Waals surface area contributed by atoms with Crippen molar-refractivity contribution in [1.29, 1.82) is 0 Å². The van der Waals surface area contributed by atoms with Crippen LogP contribution >= 0.6 is 0 Å². The highest BCUT2D eigenvalue weighted by Crippen LogP contribution is 2.16. The number of ketones is 1. The van der Waals surface area contributed by atoms with Gasteiger partial charge in [0, 0.05) is 5.56 Å². The molecule has 15 heavy (non-hydrogen) atoms. The highest BCUT2D eigenvalue weighted by molar-refractivity contribution is 6.09. The van der Waals surface area contributed by atoms with E-state index in [2.05, 4.69) is 0 Å². The average Bonchev–Trinajstić information content (AvgIpc) is 2.23. The summed E-state index contributed by atoms with van der Waals surface area (Å²) in [5.41, 5.74) is 2.00. The zero-order valence-corrected chi connectivity index (χ0v) is 9.30. The van der Waals surface area contributed by atoms with Gasteiger partial charge in [-0.15, -0.1) is 0 Å². The van der Waals surface area contributed by atoms with Gasteiger partial charge in [0.2, 0.25) is 0 Å². The molecule has 0 aliphatic rings. The van der Waals surface area contributed by atoms with E-state index >= 15 is 0 Å². The molecule has 0 N–H and O–H groups in total. The van der Waals surface area contributed by atoms with E-state index < -0.39 is 0 Å². The van der Waals surface area contributed by atoms with Crippen LogP contribution in [0.5, 0.6) is 0 Å². The number of allylic oxidation sites excluding steroid dienone is 2. The van der Waals surface area contributed by atoms with E-state index in [9.17, 15) is 9.18 Å². The molecule has 0 atom stereocenters. The molecule has 0 spiro atoms. The van der Waals surface area contributed by atoms with Crippen LogP contribution in [0.4, 0.5) is 4.39 Å². The van der Waals surface area contributed by atoms with Gasteiger partial charge < -0.3 is 0 Å². The van der Waals surface area contributed by atoms with E-state index in [0.29, 0.717) is 12.0 Å². The molecule has 80 valence electrons. The third-order valence-corrected chi connectivity index (χ3v) is 2.47. The number of hydrogen-bond acceptors (Lipinski definition) is 1. The molecule has 1 aromatic rings. The molecule has 0 aromatic heterocycles. The van der Waals surface area contributed by atoms with Crippen LogP contribution in [0.3, 0.4) is 0 Å². The summed E-state index contributed by atoms with van der Waals surface area (Å²) < 4.78 is 13.0. The summed E-state index contributed by atoms with van der Waals surface area (Å²) in [6, 6.07) is 4.30. The maximum atomic E-state index is 13.0. The first-order valence-electron chi connectivity index (χ1n) is 5.06. The second-order valence-corrected chi connectivity index (χ2v) is 3.46. The number of carbonyl (C=O) groups excluding carboxylic acids is 1. The minimum absolute atomic E-state index is 0.0722. The fraction of sp³-hybridized carbons (Fsp3) is 0.308. The molecule has 0 aliphatic heterocycles.